The lowest BCUT2D eigenvalue weighted by Gasteiger charge is -2.15. The molecule has 0 fully saturated rings. The molecule has 0 atom stereocenters. The van der Waals surface area contributed by atoms with Crippen molar-refractivity contribution in [3.63, 3.8) is 0 Å². The average molecular weight is 236 g/mol. The maximum Gasteiger partial charge on any atom is 0.338 e. The molecule has 0 bridgehead atoms. The number of rotatable bonds is 5. The van der Waals surface area contributed by atoms with E-state index in [1.54, 1.807) is 6.08 Å². The molecule has 0 spiro atoms. The Kier molecular flexibility index (Phi) is 5.39. The summed E-state index contributed by atoms with van der Waals surface area (Å²) in [5.74, 6) is -0.470. The van der Waals surface area contributed by atoms with Crippen molar-refractivity contribution in [2.24, 2.45) is 0 Å². The van der Waals surface area contributed by atoms with Crippen LogP contribution >= 0.6 is 0 Å². The van der Waals surface area contributed by atoms with Crippen molar-refractivity contribution in [2.45, 2.75) is 6.29 Å². The first-order valence-electron chi connectivity index (χ1n) is 5.13. The number of hydrogen-bond donors (Lipinski definition) is 0. The molecular formula is C13H16O4. The summed E-state index contributed by atoms with van der Waals surface area (Å²) < 4.78 is 14.8. The van der Waals surface area contributed by atoms with Gasteiger partial charge in [0.05, 0.1) is 12.7 Å². The molecule has 0 aliphatic carbocycles. The minimum absolute atomic E-state index is 0.323. The highest BCUT2D eigenvalue weighted by atomic mass is 16.7. The van der Waals surface area contributed by atoms with Crippen molar-refractivity contribution in [3.8, 4) is 0 Å². The fourth-order valence-corrected chi connectivity index (χ4v) is 1.42. The standard InChI is InChI=1S/C13H16O4/c1-15-12(14)11(13(16-2)17-3)9-10-7-5-4-6-8-10/h4-9,13H,1-3H3/b11-9-. The van der Waals surface area contributed by atoms with Crippen molar-refractivity contribution in [2.75, 3.05) is 21.3 Å². The van der Waals surface area contributed by atoms with Gasteiger partial charge < -0.3 is 14.2 Å². The summed E-state index contributed by atoms with van der Waals surface area (Å²) in [5, 5.41) is 0. The van der Waals surface area contributed by atoms with E-state index in [1.807, 2.05) is 30.3 Å². The van der Waals surface area contributed by atoms with Crippen LogP contribution in [0, 0.1) is 0 Å². The number of benzene rings is 1. The molecule has 0 aliphatic heterocycles. The Balaban J connectivity index is 3.06. The van der Waals surface area contributed by atoms with Crippen LogP contribution in [0.4, 0.5) is 0 Å². The van der Waals surface area contributed by atoms with Gasteiger partial charge in [-0.25, -0.2) is 4.79 Å². The van der Waals surface area contributed by atoms with Crippen molar-refractivity contribution in [1.82, 2.24) is 0 Å². The van der Waals surface area contributed by atoms with Gasteiger partial charge in [0.2, 0.25) is 0 Å². The first-order chi connectivity index (χ1) is 8.22. The second-order valence-electron chi connectivity index (χ2n) is 3.31. The molecule has 4 heteroatoms. The molecule has 0 radical (unpaired) electrons. The van der Waals surface area contributed by atoms with Crippen LogP contribution < -0.4 is 0 Å². The van der Waals surface area contributed by atoms with Crippen molar-refractivity contribution in [1.29, 1.82) is 0 Å². The van der Waals surface area contributed by atoms with E-state index >= 15 is 0 Å². The second-order valence-corrected chi connectivity index (χ2v) is 3.31. The van der Waals surface area contributed by atoms with Gasteiger partial charge in [-0.3, -0.25) is 0 Å². The Morgan fingerprint density at radius 1 is 1.12 bits per heavy atom. The van der Waals surface area contributed by atoms with Gasteiger partial charge in [0, 0.05) is 14.2 Å². The average Bonchev–Trinajstić information content (AvgIpc) is 2.39. The minimum atomic E-state index is -0.734. The molecule has 0 N–H and O–H groups in total. The Hall–Kier alpha value is -1.65. The zero-order valence-electron chi connectivity index (χ0n) is 10.2. The summed E-state index contributed by atoms with van der Waals surface area (Å²) in [5.41, 5.74) is 1.20. The minimum Gasteiger partial charge on any atom is -0.466 e. The van der Waals surface area contributed by atoms with Gasteiger partial charge in [-0.05, 0) is 11.6 Å². The van der Waals surface area contributed by atoms with Crippen LogP contribution in [-0.2, 0) is 19.0 Å². The SMILES string of the molecule is COC(=O)/C(=C/c1ccccc1)C(OC)OC. The first-order valence-corrected chi connectivity index (χ1v) is 5.13. The normalized spacial score (nSPS) is 11.6. The number of carbonyl (C=O) groups is 1. The van der Waals surface area contributed by atoms with Crippen LogP contribution in [-0.4, -0.2) is 33.6 Å². The van der Waals surface area contributed by atoms with Crippen LogP contribution in [0.3, 0.4) is 0 Å². The summed E-state index contributed by atoms with van der Waals surface area (Å²) in [4.78, 5) is 11.6. The molecule has 1 rings (SSSR count). The topological polar surface area (TPSA) is 44.8 Å². The van der Waals surface area contributed by atoms with Crippen LogP contribution in [0.5, 0.6) is 0 Å². The van der Waals surface area contributed by atoms with Crippen LogP contribution in [0.25, 0.3) is 6.08 Å². The first kappa shape index (κ1) is 13.4. The molecule has 1 aromatic carbocycles. The number of methoxy groups -OCH3 is 3. The van der Waals surface area contributed by atoms with E-state index in [-0.39, 0.29) is 0 Å². The van der Waals surface area contributed by atoms with Gasteiger partial charge in [-0.1, -0.05) is 30.3 Å². The molecule has 4 nitrogen and oxygen atoms in total. The Bertz CT molecular complexity index is 380. The third kappa shape index (κ3) is 3.69. The fraction of sp³-hybridized carbons (Fsp3) is 0.308. The summed E-state index contributed by atoms with van der Waals surface area (Å²) in [6.07, 6.45) is 0.950. The Morgan fingerprint density at radius 3 is 2.18 bits per heavy atom. The summed E-state index contributed by atoms with van der Waals surface area (Å²) >= 11 is 0. The molecular weight excluding hydrogens is 220 g/mol. The van der Waals surface area contributed by atoms with Crippen LogP contribution in [0.1, 0.15) is 5.56 Å². The monoisotopic (exact) mass is 236 g/mol. The molecule has 1 aromatic rings. The molecule has 0 amide bonds. The quantitative estimate of drug-likeness (QED) is 0.444. The number of esters is 1. The lowest BCUT2D eigenvalue weighted by Crippen LogP contribution is -2.23. The zero-order valence-corrected chi connectivity index (χ0v) is 10.2. The fourth-order valence-electron chi connectivity index (χ4n) is 1.42. The van der Waals surface area contributed by atoms with Crippen molar-refractivity contribution >= 4 is 12.0 Å². The number of ether oxygens (including phenoxy) is 3. The highest BCUT2D eigenvalue weighted by Gasteiger charge is 2.21. The number of carbonyl (C=O) groups excluding carboxylic acids is 1. The van der Waals surface area contributed by atoms with Crippen molar-refractivity contribution in [3.05, 3.63) is 41.5 Å². The predicted octanol–water partition coefficient (Wildman–Crippen LogP) is 1.86. The van der Waals surface area contributed by atoms with Gasteiger partial charge in [0.15, 0.2) is 6.29 Å². The smallest absolute Gasteiger partial charge is 0.338 e. The second kappa shape index (κ2) is 6.83. The predicted molar refractivity (Wildman–Crippen MR) is 64.2 cm³/mol. The lowest BCUT2D eigenvalue weighted by atomic mass is 10.1. The van der Waals surface area contributed by atoms with E-state index in [9.17, 15) is 4.79 Å². The maximum absolute atomic E-state index is 11.6. The third-order valence-corrected chi connectivity index (χ3v) is 2.22. The molecule has 0 heterocycles. The molecule has 0 unspecified atom stereocenters. The summed E-state index contributed by atoms with van der Waals surface area (Å²) in [6.45, 7) is 0. The molecule has 0 aromatic heterocycles. The molecule has 17 heavy (non-hydrogen) atoms. The molecule has 92 valence electrons. The maximum atomic E-state index is 11.6. The Morgan fingerprint density at radius 2 is 1.71 bits per heavy atom. The van der Waals surface area contributed by atoms with Gasteiger partial charge in [-0.2, -0.15) is 0 Å². The van der Waals surface area contributed by atoms with Crippen LogP contribution in [0.15, 0.2) is 35.9 Å². The molecule has 0 aliphatic rings. The lowest BCUT2D eigenvalue weighted by molar-refractivity contribution is -0.143. The van der Waals surface area contributed by atoms with E-state index in [0.29, 0.717) is 5.57 Å². The zero-order chi connectivity index (χ0) is 12.7. The van der Waals surface area contributed by atoms with E-state index in [1.165, 1.54) is 21.3 Å². The number of hydrogen-bond acceptors (Lipinski definition) is 4. The largest absolute Gasteiger partial charge is 0.466 e. The highest BCUT2D eigenvalue weighted by molar-refractivity contribution is 5.94. The highest BCUT2D eigenvalue weighted by Crippen LogP contribution is 2.14. The van der Waals surface area contributed by atoms with Gasteiger partial charge in [-0.15, -0.1) is 0 Å². The van der Waals surface area contributed by atoms with E-state index in [2.05, 4.69) is 0 Å². The third-order valence-electron chi connectivity index (χ3n) is 2.22. The summed E-state index contributed by atoms with van der Waals surface area (Å²) in [6, 6.07) is 9.43. The summed E-state index contributed by atoms with van der Waals surface area (Å²) in [7, 11) is 4.26. The van der Waals surface area contributed by atoms with Crippen molar-refractivity contribution < 1.29 is 19.0 Å². The van der Waals surface area contributed by atoms with Crippen LogP contribution in [0.2, 0.25) is 0 Å². The van der Waals surface area contributed by atoms with Gasteiger partial charge in [0.1, 0.15) is 0 Å². The molecule has 0 saturated carbocycles. The van der Waals surface area contributed by atoms with E-state index < -0.39 is 12.3 Å². The van der Waals surface area contributed by atoms with Gasteiger partial charge in [0.25, 0.3) is 0 Å². The molecule has 0 saturated heterocycles. The van der Waals surface area contributed by atoms with E-state index in [0.717, 1.165) is 5.56 Å². The van der Waals surface area contributed by atoms with E-state index in [4.69, 9.17) is 14.2 Å². The Labute approximate surface area is 101 Å². The van der Waals surface area contributed by atoms with Gasteiger partial charge >= 0.3 is 5.97 Å².